The molecule has 0 fully saturated rings. The van der Waals surface area contributed by atoms with E-state index >= 15 is 0 Å². The van der Waals surface area contributed by atoms with Crippen molar-refractivity contribution in [1.29, 1.82) is 0 Å². The molecule has 0 N–H and O–H groups in total. The first-order valence-electron chi connectivity index (χ1n) is 6.01. The van der Waals surface area contributed by atoms with Gasteiger partial charge in [-0.05, 0) is 18.4 Å². The molecule has 0 aliphatic rings. The summed E-state index contributed by atoms with van der Waals surface area (Å²) in [5, 5.41) is 12.8. The van der Waals surface area contributed by atoms with Gasteiger partial charge < -0.3 is 14.2 Å². The number of nitrogens with zero attached hydrogens (tertiary/aromatic N) is 4. The maximum absolute atomic E-state index is 5.30. The molecule has 0 unspecified atom stereocenters. The van der Waals surface area contributed by atoms with E-state index in [1.807, 2.05) is 18.4 Å². The van der Waals surface area contributed by atoms with E-state index in [4.69, 9.17) is 14.2 Å². The predicted molar refractivity (Wildman–Crippen MR) is 80.9 cm³/mol. The van der Waals surface area contributed by atoms with Crippen molar-refractivity contribution in [1.82, 2.24) is 14.9 Å². The van der Waals surface area contributed by atoms with Crippen LogP contribution in [0.1, 0.15) is 5.56 Å². The summed E-state index contributed by atoms with van der Waals surface area (Å²) in [5.41, 5.74) is 0.810. The van der Waals surface area contributed by atoms with E-state index in [1.165, 1.54) is 11.8 Å². The quantitative estimate of drug-likeness (QED) is 0.599. The summed E-state index contributed by atoms with van der Waals surface area (Å²) in [6.45, 7) is 0. The fourth-order valence-corrected chi connectivity index (χ4v) is 2.15. The molecule has 0 spiro atoms. The lowest BCUT2D eigenvalue weighted by molar-refractivity contribution is 0.324. The molecule has 0 saturated heterocycles. The third kappa shape index (κ3) is 3.27. The summed E-state index contributed by atoms with van der Waals surface area (Å²) in [7, 11) is 4.71. The highest BCUT2D eigenvalue weighted by Gasteiger charge is 2.12. The molecule has 0 radical (unpaired) electrons. The average Bonchev–Trinajstić information content (AvgIpc) is 2.99. The van der Waals surface area contributed by atoms with Crippen LogP contribution in [0.4, 0.5) is 0 Å². The number of ether oxygens (including phenoxy) is 3. The Morgan fingerprint density at radius 1 is 1.14 bits per heavy atom. The molecule has 1 heterocycles. The number of benzene rings is 1. The fourth-order valence-electron chi connectivity index (χ4n) is 1.74. The van der Waals surface area contributed by atoms with Crippen LogP contribution in [0.2, 0.25) is 0 Å². The summed E-state index contributed by atoms with van der Waals surface area (Å²) in [5.74, 6) is 1.70. The van der Waals surface area contributed by atoms with Gasteiger partial charge in [-0.1, -0.05) is 11.8 Å². The van der Waals surface area contributed by atoms with Crippen LogP contribution in [-0.2, 0) is 0 Å². The number of rotatable bonds is 6. The minimum Gasteiger partial charge on any atom is -0.493 e. The summed E-state index contributed by atoms with van der Waals surface area (Å²) in [4.78, 5) is 0. The first-order valence-corrected chi connectivity index (χ1v) is 7.24. The van der Waals surface area contributed by atoms with Gasteiger partial charge in [-0.25, -0.2) is 0 Å². The van der Waals surface area contributed by atoms with E-state index in [2.05, 4.69) is 15.3 Å². The average molecular weight is 308 g/mol. The van der Waals surface area contributed by atoms with E-state index in [1.54, 1.807) is 38.5 Å². The molecule has 0 atom stereocenters. The van der Waals surface area contributed by atoms with Crippen molar-refractivity contribution in [2.75, 3.05) is 27.6 Å². The number of thioether (sulfide) groups is 1. The Balaban J connectivity index is 2.36. The first-order chi connectivity index (χ1) is 10.2. The van der Waals surface area contributed by atoms with Crippen LogP contribution in [0, 0.1) is 0 Å². The molecule has 1 aromatic heterocycles. The van der Waals surface area contributed by atoms with Crippen molar-refractivity contribution in [3.05, 3.63) is 24.0 Å². The van der Waals surface area contributed by atoms with Crippen molar-refractivity contribution in [3.8, 4) is 17.2 Å². The first kappa shape index (κ1) is 15.2. The van der Waals surface area contributed by atoms with Crippen LogP contribution in [0.5, 0.6) is 17.2 Å². The zero-order valence-corrected chi connectivity index (χ0v) is 13.0. The van der Waals surface area contributed by atoms with Crippen LogP contribution < -0.4 is 14.2 Å². The Morgan fingerprint density at radius 2 is 1.81 bits per heavy atom. The Labute approximate surface area is 126 Å². The van der Waals surface area contributed by atoms with Gasteiger partial charge in [-0.15, -0.1) is 10.2 Å². The van der Waals surface area contributed by atoms with Gasteiger partial charge in [0.2, 0.25) is 10.9 Å². The van der Waals surface area contributed by atoms with Gasteiger partial charge in [0, 0.05) is 5.56 Å². The van der Waals surface area contributed by atoms with Gasteiger partial charge >= 0.3 is 0 Å². The van der Waals surface area contributed by atoms with Gasteiger partial charge in [0.05, 0.1) is 27.5 Å². The normalized spacial score (nSPS) is 10.9. The standard InChI is InChI=1S/C13H16N4O3S/c1-18-10-5-9(6-11(19-2)12(10)20-3)7-15-17-8-14-16-13(17)21-4/h5-8H,1-4H3. The highest BCUT2D eigenvalue weighted by Crippen LogP contribution is 2.37. The van der Waals surface area contributed by atoms with Gasteiger partial charge in [0.1, 0.15) is 6.33 Å². The second-order valence-corrected chi connectivity index (χ2v) is 4.64. The van der Waals surface area contributed by atoms with Gasteiger partial charge in [-0.2, -0.15) is 9.78 Å². The number of aromatic nitrogens is 3. The van der Waals surface area contributed by atoms with Crippen molar-refractivity contribution < 1.29 is 14.2 Å². The number of methoxy groups -OCH3 is 3. The molecular formula is C13H16N4O3S. The van der Waals surface area contributed by atoms with Crippen molar-refractivity contribution in [2.24, 2.45) is 5.10 Å². The lowest BCUT2D eigenvalue weighted by atomic mass is 10.2. The van der Waals surface area contributed by atoms with E-state index in [0.29, 0.717) is 22.4 Å². The second-order valence-electron chi connectivity index (χ2n) is 3.87. The molecule has 8 heteroatoms. The number of hydrogen-bond acceptors (Lipinski definition) is 7. The summed E-state index contributed by atoms with van der Waals surface area (Å²) in [6, 6.07) is 3.63. The maximum Gasteiger partial charge on any atom is 0.211 e. The molecule has 0 aliphatic carbocycles. The zero-order chi connectivity index (χ0) is 15.2. The molecule has 112 valence electrons. The molecule has 0 bridgehead atoms. The summed E-state index contributed by atoms with van der Waals surface area (Å²) < 4.78 is 17.5. The van der Waals surface area contributed by atoms with E-state index < -0.39 is 0 Å². The Morgan fingerprint density at radius 3 is 2.33 bits per heavy atom. The van der Waals surface area contributed by atoms with E-state index in [0.717, 1.165) is 5.56 Å². The van der Waals surface area contributed by atoms with Crippen LogP contribution in [0.3, 0.4) is 0 Å². The van der Waals surface area contributed by atoms with Gasteiger partial charge in [-0.3, -0.25) is 0 Å². The van der Waals surface area contributed by atoms with Crippen LogP contribution in [0.25, 0.3) is 0 Å². The van der Waals surface area contributed by atoms with E-state index in [9.17, 15) is 0 Å². The Hall–Kier alpha value is -2.22. The second kappa shape index (κ2) is 6.98. The Bertz CT molecular complexity index is 617. The third-order valence-corrected chi connectivity index (χ3v) is 3.33. The summed E-state index contributed by atoms with van der Waals surface area (Å²) >= 11 is 1.46. The largest absolute Gasteiger partial charge is 0.493 e. The lowest BCUT2D eigenvalue weighted by Gasteiger charge is -2.12. The minimum absolute atomic E-state index is 0.547. The molecule has 21 heavy (non-hydrogen) atoms. The SMILES string of the molecule is COc1cc(C=Nn2cnnc2SC)cc(OC)c1OC. The van der Waals surface area contributed by atoms with Crippen molar-refractivity contribution >= 4 is 18.0 Å². The van der Waals surface area contributed by atoms with Crippen LogP contribution in [-0.4, -0.2) is 48.7 Å². The molecular weight excluding hydrogens is 292 g/mol. The highest BCUT2D eigenvalue weighted by molar-refractivity contribution is 7.98. The molecule has 2 aromatic rings. The van der Waals surface area contributed by atoms with Crippen molar-refractivity contribution in [2.45, 2.75) is 5.16 Å². The smallest absolute Gasteiger partial charge is 0.211 e. The predicted octanol–water partition coefficient (Wildman–Crippen LogP) is 1.91. The maximum atomic E-state index is 5.30. The lowest BCUT2D eigenvalue weighted by Crippen LogP contribution is -1.97. The molecule has 7 nitrogen and oxygen atoms in total. The van der Waals surface area contributed by atoms with Gasteiger partial charge in [0.25, 0.3) is 0 Å². The third-order valence-electron chi connectivity index (χ3n) is 2.70. The topological polar surface area (TPSA) is 70.8 Å². The Kier molecular flexibility index (Phi) is 5.04. The zero-order valence-electron chi connectivity index (χ0n) is 12.2. The number of hydrogen-bond donors (Lipinski definition) is 0. The molecule has 0 aliphatic heterocycles. The van der Waals surface area contributed by atoms with E-state index in [-0.39, 0.29) is 0 Å². The van der Waals surface area contributed by atoms with Crippen molar-refractivity contribution in [3.63, 3.8) is 0 Å². The minimum atomic E-state index is 0.547. The monoisotopic (exact) mass is 308 g/mol. The summed E-state index contributed by atoms with van der Waals surface area (Å²) in [6.07, 6.45) is 5.13. The molecule has 0 saturated carbocycles. The fraction of sp³-hybridized carbons (Fsp3) is 0.308. The molecule has 0 amide bonds. The van der Waals surface area contributed by atoms with Crippen LogP contribution in [0.15, 0.2) is 28.7 Å². The molecule has 1 aromatic carbocycles. The highest BCUT2D eigenvalue weighted by atomic mass is 32.2. The molecule has 2 rings (SSSR count). The van der Waals surface area contributed by atoms with Crippen LogP contribution >= 0.6 is 11.8 Å². The van der Waals surface area contributed by atoms with Gasteiger partial charge in [0.15, 0.2) is 11.5 Å².